The molecule has 40 heavy (non-hydrogen) atoms. The molecule has 3 aromatic carbocycles. The van der Waals surface area contributed by atoms with Gasteiger partial charge in [-0.1, -0.05) is 66.7 Å². The van der Waals surface area contributed by atoms with Crippen LogP contribution in [0.1, 0.15) is 0 Å². The molecule has 0 bridgehead atoms. The summed E-state index contributed by atoms with van der Waals surface area (Å²) in [7, 11) is 0. The summed E-state index contributed by atoms with van der Waals surface area (Å²) in [4.78, 5) is 24.4. The highest BCUT2D eigenvalue weighted by Gasteiger charge is 2.11. The van der Waals surface area contributed by atoms with Crippen LogP contribution in [-0.4, -0.2) is 24.9 Å². The molecule has 0 atom stereocenters. The smallest absolute Gasteiger partial charge is 0.0973 e. The second-order valence-corrected chi connectivity index (χ2v) is 9.81. The monoisotopic (exact) mass is 511 g/mol. The van der Waals surface area contributed by atoms with Crippen LogP contribution in [0.5, 0.6) is 0 Å². The van der Waals surface area contributed by atoms with Crippen LogP contribution in [0.4, 0.5) is 0 Å². The van der Waals surface area contributed by atoms with E-state index in [0.29, 0.717) is 0 Å². The minimum absolute atomic E-state index is 0.792. The van der Waals surface area contributed by atoms with Gasteiger partial charge in [0.15, 0.2) is 0 Å². The maximum absolute atomic E-state index is 5.09. The molecular weight excluding hydrogens is 490 g/mol. The van der Waals surface area contributed by atoms with Crippen LogP contribution in [-0.2, 0) is 0 Å². The van der Waals surface area contributed by atoms with Gasteiger partial charge in [-0.2, -0.15) is 0 Å². The third-order valence-corrected chi connectivity index (χ3v) is 7.28. The first kappa shape index (κ1) is 22.4. The van der Waals surface area contributed by atoms with E-state index in [1.807, 2.05) is 54.6 Å². The Morgan fingerprint density at radius 2 is 0.850 bits per heavy atom. The van der Waals surface area contributed by atoms with E-state index in [2.05, 4.69) is 71.7 Å². The number of benzene rings is 3. The van der Waals surface area contributed by atoms with Crippen LogP contribution < -0.4 is 0 Å². The zero-order chi connectivity index (χ0) is 26.5. The second kappa shape index (κ2) is 9.03. The summed E-state index contributed by atoms with van der Waals surface area (Å²) in [6.45, 7) is 0. The lowest BCUT2D eigenvalue weighted by molar-refractivity contribution is 1.23. The summed E-state index contributed by atoms with van der Waals surface area (Å²) < 4.78 is 0. The van der Waals surface area contributed by atoms with Gasteiger partial charge in [0.2, 0.25) is 0 Å². The fourth-order valence-electron chi connectivity index (χ4n) is 5.24. The number of hydrogen-bond acceptors (Lipinski definition) is 5. The van der Waals surface area contributed by atoms with Crippen molar-refractivity contribution in [1.82, 2.24) is 24.9 Å². The molecule has 0 aliphatic rings. The molecule has 5 heteroatoms. The Morgan fingerprint density at radius 3 is 1.52 bits per heavy atom. The molecule has 8 rings (SSSR count). The number of rotatable bonds is 3. The Labute approximate surface area is 229 Å². The van der Waals surface area contributed by atoms with Crippen LogP contribution in [0.2, 0.25) is 0 Å². The van der Waals surface area contributed by atoms with E-state index in [1.54, 1.807) is 6.20 Å². The fourth-order valence-corrected chi connectivity index (χ4v) is 5.24. The summed E-state index contributed by atoms with van der Waals surface area (Å²) in [5, 5.41) is 5.55. The quantitative estimate of drug-likeness (QED) is 0.176. The maximum Gasteiger partial charge on any atom is 0.0973 e. The van der Waals surface area contributed by atoms with Crippen molar-refractivity contribution in [3.8, 4) is 34.2 Å². The third-order valence-electron chi connectivity index (χ3n) is 7.28. The van der Waals surface area contributed by atoms with Gasteiger partial charge in [0.1, 0.15) is 0 Å². The molecule has 0 N–H and O–H groups in total. The Balaban J connectivity index is 1.26. The van der Waals surface area contributed by atoms with E-state index < -0.39 is 0 Å². The normalized spacial score (nSPS) is 11.5. The molecule has 5 aromatic heterocycles. The summed E-state index contributed by atoms with van der Waals surface area (Å²) >= 11 is 0. The van der Waals surface area contributed by atoms with Crippen LogP contribution in [0.25, 0.3) is 77.6 Å². The minimum atomic E-state index is 0.792. The third kappa shape index (κ3) is 3.84. The second-order valence-electron chi connectivity index (χ2n) is 9.81. The first-order chi connectivity index (χ1) is 19.8. The van der Waals surface area contributed by atoms with E-state index in [9.17, 15) is 0 Å². The van der Waals surface area contributed by atoms with Crippen LogP contribution >= 0.6 is 0 Å². The first-order valence-electron chi connectivity index (χ1n) is 13.2. The van der Waals surface area contributed by atoms with E-state index in [1.165, 1.54) is 10.8 Å². The number of hydrogen-bond donors (Lipinski definition) is 0. The Kier molecular flexibility index (Phi) is 5.07. The van der Waals surface area contributed by atoms with Crippen molar-refractivity contribution >= 4 is 43.5 Å². The largest absolute Gasteiger partial charge is 0.255 e. The topological polar surface area (TPSA) is 64.5 Å². The molecule has 0 saturated heterocycles. The Hall–Kier alpha value is -5.55. The van der Waals surface area contributed by atoms with Crippen molar-refractivity contribution in [3.63, 3.8) is 0 Å². The van der Waals surface area contributed by atoms with Crippen molar-refractivity contribution < 1.29 is 0 Å². The average Bonchev–Trinajstić information content (AvgIpc) is 3.03. The van der Waals surface area contributed by atoms with Crippen molar-refractivity contribution in [3.05, 3.63) is 128 Å². The molecule has 0 unspecified atom stereocenters. The Morgan fingerprint density at radius 1 is 0.325 bits per heavy atom. The number of pyridine rings is 5. The summed E-state index contributed by atoms with van der Waals surface area (Å²) in [6.07, 6.45) is 1.78. The molecule has 0 fully saturated rings. The minimum Gasteiger partial charge on any atom is -0.255 e. The molecule has 0 amide bonds. The van der Waals surface area contributed by atoms with Crippen molar-refractivity contribution in [2.75, 3.05) is 0 Å². The van der Waals surface area contributed by atoms with Gasteiger partial charge < -0.3 is 0 Å². The van der Waals surface area contributed by atoms with Gasteiger partial charge in [-0.25, -0.2) is 19.9 Å². The predicted octanol–water partition coefficient (Wildman–Crippen LogP) is 8.28. The van der Waals surface area contributed by atoms with E-state index in [4.69, 9.17) is 19.9 Å². The maximum atomic E-state index is 5.09. The molecule has 0 radical (unpaired) electrons. The van der Waals surface area contributed by atoms with Crippen LogP contribution in [0.3, 0.4) is 0 Å². The molecule has 186 valence electrons. The first-order valence-corrected chi connectivity index (χ1v) is 13.2. The lowest BCUT2D eigenvalue weighted by atomic mass is 10.1. The number of nitrogens with zero attached hydrogens (tertiary/aromatic N) is 5. The highest BCUT2D eigenvalue weighted by Crippen LogP contribution is 2.30. The fraction of sp³-hybridized carbons (Fsp3) is 0. The van der Waals surface area contributed by atoms with Crippen molar-refractivity contribution in [2.24, 2.45) is 0 Å². The predicted molar refractivity (Wildman–Crippen MR) is 162 cm³/mol. The molecule has 0 aliphatic heterocycles. The van der Waals surface area contributed by atoms with Crippen LogP contribution in [0, 0.1) is 0 Å². The highest BCUT2D eigenvalue weighted by atomic mass is 14.8. The molecule has 0 aliphatic carbocycles. The van der Waals surface area contributed by atoms with Crippen molar-refractivity contribution in [2.45, 2.75) is 0 Å². The lowest BCUT2D eigenvalue weighted by Gasteiger charge is -2.09. The molecule has 0 spiro atoms. The molecule has 5 heterocycles. The lowest BCUT2D eigenvalue weighted by Crippen LogP contribution is -1.94. The molecule has 0 saturated carbocycles. The number of aromatic nitrogens is 5. The van der Waals surface area contributed by atoms with Crippen molar-refractivity contribution in [1.29, 1.82) is 0 Å². The van der Waals surface area contributed by atoms with Crippen LogP contribution in [0.15, 0.2) is 128 Å². The van der Waals surface area contributed by atoms with Gasteiger partial charge in [0.25, 0.3) is 0 Å². The number of fused-ring (bicyclic) bond motifs is 5. The van der Waals surface area contributed by atoms with E-state index in [0.717, 1.165) is 66.9 Å². The standard InChI is InChI=1S/C35H21N5/c1-2-7-25-21-33-26(20-24(25)6-1)15-18-30(38-33)32-17-14-23-12-11-22-13-16-31(39-34(22)35(23)40-32)29-10-5-9-28(37-29)27-8-3-4-19-36-27/h1-21H. The van der Waals surface area contributed by atoms with E-state index in [-0.39, 0.29) is 0 Å². The molecule has 5 nitrogen and oxygen atoms in total. The summed E-state index contributed by atoms with van der Waals surface area (Å²) in [6, 6.07) is 41.0. The molecular formula is C35H21N5. The van der Waals surface area contributed by atoms with Gasteiger partial charge in [0, 0.05) is 22.4 Å². The van der Waals surface area contributed by atoms with Gasteiger partial charge in [0.05, 0.1) is 50.7 Å². The zero-order valence-electron chi connectivity index (χ0n) is 21.4. The van der Waals surface area contributed by atoms with Gasteiger partial charge in [-0.15, -0.1) is 0 Å². The average molecular weight is 512 g/mol. The zero-order valence-corrected chi connectivity index (χ0v) is 21.4. The summed E-state index contributed by atoms with van der Waals surface area (Å²) in [5.41, 5.74) is 7.52. The Bertz CT molecular complexity index is 2220. The van der Waals surface area contributed by atoms with Gasteiger partial charge in [-0.05, 0) is 65.4 Å². The SMILES string of the molecule is c1ccc(-c2cccc(-c3ccc4ccc5ccc(-c6ccc7cc8ccccc8cc7n6)nc5c4n3)n2)nc1. The summed E-state index contributed by atoms with van der Waals surface area (Å²) in [5.74, 6) is 0. The van der Waals surface area contributed by atoms with Gasteiger partial charge >= 0.3 is 0 Å². The highest BCUT2D eigenvalue weighted by molar-refractivity contribution is 6.04. The van der Waals surface area contributed by atoms with E-state index >= 15 is 0 Å². The molecule has 8 aromatic rings. The van der Waals surface area contributed by atoms with Gasteiger partial charge in [-0.3, -0.25) is 4.98 Å².